The van der Waals surface area contributed by atoms with Crippen LogP contribution in [0.2, 0.25) is 0 Å². The van der Waals surface area contributed by atoms with Gasteiger partial charge in [0.2, 0.25) is 0 Å². The maximum Gasteiger partial charge on any atom is 0.303 e. The van der Waals surface area contributed by atoms with Crippen LogP contribution in [-0.2, 0) is 4.79 Å². The molecule has 0 unspecified atom stereocenters. The Hall–Kier alpha value is 0.288. The first-order valence-electron chi connectivity index (χ1n) is 8.99. The van der Waals surface area contributed by atoms with Crippen LogP contribution in [0.25, 0.3) is 0 Å². The van der Waals surface area contributed by atoms with Crippen molar-refractivity contribution in [3.05, 3.63) is 0 Å². The van der Waals surface area contributed by atoms with Crippen LogP contribution in [0.3, 0.4) is 0 Å². The smallest absolute Gasteiger partial charge is 0.303 e. The van der Waals surface area contributed by atoms with Gasteiger partial charge in [-0.25, -0.2) is 0 Å². The molecule has 0 atom stereocenters. The SMILES string of the molecule is CCCCCCCCCCCCCCCCCC(=O)O.[Sb]. The third kappa shape index (κ3) is 22.7. The van der Waals surface area contributed by atoms with Gasteiger partial charge in [0.1, 0.15) is 0 Å². The molecule has 0 rings (SSSR count). The van der Waals surface area contributed by atoms with Crippen molar-refractivity contribution >= 4 is 30.4 Å². The van der Waals surface area contributed by atoms with Gasteiger partial charge in [-0.3, -0.25) is 4.79 Å². The van der Waals surface area contributed by atoms with Gasteiger partial charge in [0.15, 0.2) is 0 Å². The van der Waals surface area contributed by atoms with Crippen LogP contribution in [0.1, 0.15) is 110 Å². The van der Waals surface area contributed by atoms with Crippen molar-refractivity contribution in [3.63, 3.8) is 0 Å². The zero-order valence-electron chi connectivity index (χ0n) is 14.1. The van der Waals surface area contributed by atoms with E-state index in [4.69, 9.17) is 5.11 Å². The van der Waals surface area contributed by atoms with E-state index >= 15 is 0 Å². The van der Waals surface area contributed by atoms with Crippen molar-refractivity contribution < 1.29 is 9.90 Å². The fraction of sp³-hybridized carbons (Fsp3) is 0.944. The van der Waals surface area contributed by atoms with Gasteiger partial charge in [-0.15, -0.1) is 0 Å². The van der Waals surface area contributed by atoms with E-state index in [-0.39, 0.29) is 24.4 Å². The number of rotatable bonds is 16. The minimum atomic E-state index is -0.653. The fourth-order valence-corrected chi connectivity index (χ4v) is 2.65. The summed E-state index contributed by atoms with van der Waals surface area (Å²) in [7, 11) is 0. The largest absolute Gasteiger partial charge is 0.481 e. The van der Waals surface area contributed by atoms with Crippen LogP contribution in [-0.4, -0.2) is 35.5 Å². The summed E-state index contributed by atoms with van der Waals surface area (Å²) in [6, 6.07) is 0. The Balaban J connectivity index is 0. The topological polar surface area (TPSA) is 37.3 Å². The molecule has 21 heavy (non-hydrogen) atoms. The minimum absolute atomic E-state index is 0. The van der Waals surface area contributed by atoms with Crippen molar-refractivity contribution in [1.82, 2.24) is 0 Å². The molecule has 0 spiro atoms. The summed E-state index contributed by atoms with van der Waals surface area (Å²) in [4.78, 5) is 10.3. The summed E-state index contributed by atoms with van der Waals surface area (Å²) < 4.78 is 0. The van der Waals surface area contributed by atoms with Gasteiger partial charge in [-0.2, -0.15) is 0 Å². The Morgan fingerprint density at radius 1 is 0.619 bits per heavy atom. The third-order valence-electron chi connectivity index (χ3n) is 3.99. The monoisotopic (exact) mass is 405 g/mol. The molecule has 0 aliphatic carbocycles. The molecule has 125 valence electrons. The van der Waals surface area contributed by atoms with E-state index < -0.39 is 5.97 Å². The molecule has 2 nitrogen and oxygen atoms in total. The summed E-state index contributed by atoms with van der Waals surface area (Å²) in [6.45, 7) is 2.27. The molecule has 1 N–H and O–H groups in total. The zero-order chi connectivity index (χ0) is 14.9. The molecular weight excluding hydrogens is 370 g/mol. The van der Waals surface area contributed by atoms with Gasteiger partial charge in [0, 0.05) is 30.8 Å². The first-order chi connectivity index (χ1) is 9.77. The molecule has 0 aromatic rings. The van der Waals surface area contributed by atoms with E-state index in [1.807, 2.05) is 0 Å². The second-order valence-corrected chi connectivity index (χ2v) is 6.09. The molecule has 0 aromatic carbocycles. The number of unbranched alkanes of at least 4 members (excludes halogenated alkanes) is 14. The first-order valence-corrected chi connectivity index (χ1v) is 8.99. The average Bonchev–Trinajstić information content (AvgIpc) is 2.43. The number of hydrogen-bond acceptors (Lipinski definition) is 1. The van der Waals surface area contributed by atoms with Gasteiger partial charge in [0.05, 0.1) is 0 Å². The Kier molecular flexibility index (Phi) is 22.8. The van der Waals surface area contributed by atoms with Crippen LogP contribution in [0.4, 0.5) is 0 Å². The molecule has 0 saturated heterocycles. The van der Waals surface area contributed by atoms with Crippen molar-refractivity contribution in [3.8, 4) is 0 Å². The van der Waals surface area contributed by atoms with Crippen LogP contribution in [0.5, 0.6) is 0 Å². The maximum absolute atomic E-state index is 10.3. The number of carboxylic acids is 1. The number of hydrogen-bond donors (Lipinski definition) is 1. The van der Waals surface area contributed by atoms with E-state index in [0.29, 0.717) is 6.42 Å². The van der Waals surface area contributed by atoms with Crippen molar-refractivity contribution in [2.45, 2.75) is 110 Å². The number of carboxylic acid groups (broad SMARTS) is 1. The second-order valence-electron chi connectivity index (χ2n) is 6.09. The van der Waals surface area contributed by atoms with Crippen molar-refractivity contribution in [2.75, 3.05) is 0 Å². The molecule has 0 heterocycles. The summed E-state index contributed by atoms with van der Waals surface area (Å²) in [6.07, 6.45) is 20.2. The molecule has 3 heteroatoms. The Morgan fingerprint density at radius 2 is 0.905 bits per heavy atom. The van der Waals surface area contributed by atoms with Crippen LogP contribution < -0.4 is 0 Å². The van der Waals surface area contributed by atoms with Crippen LogP contribution in [0, 0.1) is 0 Å². The maximum atomic E-state index is 10.3. The van der Waals surface area contributed by atoms with E-state index in [2.05, 4.69) is 6.92 Å². The quantitative estimate of drug-likeness (QED) is 0.254. The molecular formula is C18H36O2Sb. The van der Waals surface area contributed by atoms with E-state index in [9.17, 15) is 4.79 Å². The molecule has 0 fully saturated rings. The van der Waals surface area contributed by atoms with Gasteiger partial charge < -0.3 is 5.11 Å². The molecule has 0 aliphatic heterocycles. The molecule has 0 saturated carbocycles. The Labute approximate surface area is 149 Å². The summed E-state index contributed by atoms with van der Waals surface area (Å²) in [5.74, 6) is -0.653. The first kappa shape index (κ1) is 23.6. The van der Waals surface area contributed by atoms with Crippen LogP contribution in [0.15, 0.2) is 0 Å². The molecule has 3 radical (unpaired) electrons. The summed E-state index contributed by atoms with van der Waals surface area (Å²) >= 11 is 0. The normalized spacial score (nSPS) is 10.3. The van der Waals surface area contributed by atoms with Gasteiger partial charge in [-0.05, 0) is 6.42 Å². The van der Waals surface area contributed by atoms with Gasteiger partial charge >= 0.3 is 5.97 Å². The summed E-state index contributed by atoms with van der Waals surface area (Å²) in [5, 5.41) is 8.52. The zero-order valence-corrected chi connectivity index (χ0v) is 16.7. The van der Waals surface area contributed by atoms with E-state index in [1.165, 1.54) is 83.5 Å². The molecule has 0 aliphatic rings. The molecule has 0 aromatic heterocycles. The Morgan fingerprint density at radius 3 is 1.19 bits per heavy atom. The van der Waals surface area contributed by atoms with E-state index in [0.717, 1.165) is 12.8 Å². The van der Waals surface area contributed by atoms with Crippen LogP contribution >= 0.6 is 0 Å². The third-order valence-corrected chi connectivity index (χ3v) is 3.99. The molecule has 0 amide bonds. The molecule has 0 bridgehead atoms. The standard InChI is InChI=1S/C18H36O2.Sb/c1-2-3-4-5-6-7-8-9-10-11-12-13-14-15-16-17-18(19)20;/h2-17H2,1H3,(H,19,20);. The number of aliphatic carboxylic acids is 1. The summed E-state index contributed by atoms with van der Waals surface area (Å²) in [5.41, 5.74) is 0. The Bertz CT molecular complexity index is 207. The minimum Gasteiger partial charge on any atom is -0.481 e. The fourth-order valence-electron chi connectivity index (χ4n) is 2.65. The number of carbonyl (C=O) groups is 1. The predicted octanol–water partition coefficient (Wildman–Crippen LogP) is 5.95. The predicted molar refractivity (Wildman–Crippen MR) is 92.9 cm³/mol. The van der Waals surface area contributed by atoms with Gasteiger partial charge in [-0.1, -0.05) is 96.8 Å². The second kappa shape index (κ2) is 20.3. The van der Waals surface area contributed by atoms with Crippen molar-refractivity contribution in [1.29, 1.82) is 0 Å². The van der Waals surface area contributed by atoms with E-state index in [1.54, 1.807) is 0 Å². The van der Waals surface area contributed by atoms with Gasteiger partial charge in [0.25, 0.3) is 0 Å². The van der Waals surface area contributed by atoms with Crippen molar-refractivity contribution in [2.24, 2.45) is 0 Å². The average molecular weight is 406 g/mol.